The van der Waals surface area contributed by atoms with Crippen LogP contribution in [0.4, 0.5) is 10.5 Å². The van der Waals surface area contributed by atoms with Gasteiger partial charge in [0.05, 0.1) is 6.54 Å². The van der Waals surface area contributed by atoms with E-state index in [2.05, 4.69) is 10.6 Å². The zero-order valence-electron chi connectivity index (χ0n) is 16.6. The first kappa shape index (κ1) is 19.8. The second kappa shape index (κ2) is 8.91. The first-order chi connectivity index (χ1) is 14.6. The molecule has 2 aliphatic rings. The Hall–Kier alpha value is -3.46. The maximum absolute atomic E-state index is 12.3. The molecule has 30 heavy (non-hydrogen) atoms. The number of hydrogen-bond donors (Lipinski definition) is 2. The first-order valence-corrected chi connectivity index (χ1v) is 9.72. The number of imide groups is 1. The van der Waals surface area contributed by atoms with Crippen molar-refractivity contribution < 1.29 is 28.5 Å². The third-order valence-corrected chi connectivity index (χ3v) is 4.73. The molecule has 0 spiro atoms. The van der Waals surface area contributed by atoms with Gasteiger partial charge in [0.2, 0.25) is 12.7 Å². The van der Waals surface area contributed by atoms with Gasteiger partial charge < -0.3 is 24.3 Å². The molecule has 158 valence electrons. The van der Waals surface area contributed by atoms with Crippen LogP contribution in [0.1, 0.15) is 6.92 Å². The van der Waals surface area contributed by atoms with Crippen LogP contribution in [0, 0.1) is 0 Å². The van der Waals surface area contributed by atoms with Crippen LogP contribution in [0.15, 0.2) is 42.5 Å². The van der Waals surface area contributed by atoms with E-state index in [1.54, 1.807) is 18.2 Å². The van der Waals surface area contributed by atoms with Crippen LogP contribution < -0.4 is 29.6 Å². The summed E-state index contributed by atoms with van der Waals surface area (Å²) in [6, 6.07) is 11.9. The molecule has 3 amide bonds. The van der Waals surface area contributed by atoms with E-state index in [0.29, 0.717) is 42.6 Å². The van der Waals surface area contributed by atoms with Crippen LogP contribution in [0.25, 0.3) is 0 Å². The Labute approximate surface area is 173 Å². The van der Waals surface area contributed by atoms with Gasteiger partial charge in [0, 0.05) is 18.3 Å². The number of urea groups is 1. The van der Waals surface area contributed by atoms with E-state index in [1.807, 2.05) is 36.1 Å². The number of hydrogen-bond acceptors (Lipinski definition) is 7. The molecule has 1 unspecified atom stereocenters. The smallest absolute Gasteiger partial charge is 0.325 e. The number of nitrogens with one attached hydrogen (secondary N) is 2. The highest BCUT2D eigenvalue weighted by Gasteiger charge is 2.24. The van der Waals surface area contributed by atoms with Crippen molar-refractivity contribution in [1.29, 1.82) is 0 Å². The molecule has 9 nitrogen and oxygen atoms in total. The second-order valence-corrected chi connectivity index (χ2v) is 6.90. The fourth-order valence-corrected chi connectivity index (χ4v) is 3.25. The Morgan fingerprint density at radius 2 is 1.80 bits per heavy atom. The summed E-state index contributed by atoms with van der Waals surface area (Å²) in [6.45, 7) is 3.68. The van der Waals surface area contributed by atoms with Crippen LogP contribution in [-0.2, 0) is 4.79 Å². The van der Waals surface area contributed by atoms with Gasteiger partial charge in [-0.25, -0.2) is 4.79 Å². The van der Waals surface area contributed by atoms with Crippen LogP contribution in [0.3, 0.4) is 0 Å². The predicted molar refractivity (Wildman–Crippen MR) is 108 cm³/mol. The number of carbonyl (C=O) groups is 2. The van der Waals surface area contributed by atoms with E-state index in [-0.39, 0.29) is 19.4 Å². The number of para-hydroxylation sites is 2. The highest BCUT2D eigenvalue weighted by Crippen LogP contribution is 2.34. The van der Waals surface area contributed by atoms with E-state index < -0.39 is 11.9 Å². The third-order valence-electron chi connectivity index (χ3n) is 4.73. The number of anilines is 1. The standard InChI is InChI=1S/C21H23N3O6/c1-2-24(10-15-12-27-16-5-3-4-6-18(16)30-15)11-20(25)23-21(26)22-14-7-8-17-19(9-14)29-13-28-17/h3-9,15H,2,10-13H2,1H3,(H2,22,23,25,26). The molecular formula is C21H23N3O6. The molecule has 0 aromatic heterocycles. The van der Waals surface area contributed by atoms with Crippen LogP contribution >= 0.6 is 0 Å². The summed E-state index contributed by atoms with van der Waals surface area (Å²) in [5, 5.41) is 4.96. The molecule has 0 fully saturated rings. The molecule has 0 saturated heterocycles. The van der Waals surface area contributed by atoms with Crippen molar-refractivity contribution in [2.75, 3.05) is 38.4 Å². The summed E-state index contributed by atoms with van der Waals surface area (Å²) in [4.78, 5) is 26.3. The fourth-order valence-electron chi connectivity index (χ4n) is 3.25. The fraction of sp³-hybridized carbons (Fsp3) is 0.333. The lowest BCUT2D eigenvalue weighted by Gasteiger charge is -2.30. The summed E-state index contributed by atoms with van der Waals surface area (Å²) in [5.41, 5.74) is 0.503. The molecule has 0 radical (unpaired) electrons. The summed E-state index contributed by atoms with van der Waals surface area (Å²) in [5.74, 6) is 2.17. The van der Waals surface area contributed by atoms with Crippen molar-refractivity contribution in [3.8, 4) is 23.0 Å². The van der Waals surface area contributed by atoms with Gasteiger partial charge in [-0.15, -0.1) is 0 Å². The molecule has 0 bridgehead atoms. The minimum Gasteiger partial charge on any atom is -0.486 e. The summed E-state index contributed by atoms with van der Waals surface area (Å²) in [7, 11) is 0. The Bertz CT molecular complexity index is 935. The Morgan fingerprint density at radius 3 is 2.63 bits per heavy atom. The number of nitrogens with zero attached hydrogens (tertiary/aromatic N) is 1. The second-order valence-electron chi connectivity index (χ2n) is 6.90. The predicted octanol–water partition coefficient (Wildman–Crippen LogP) is 2.23. The monoisotopic (exact) mass is 413 g/mol. The van der Waals surface area contributed by atoms with Crippen molar-refractivity contribution >= 4 is 17.6 Å². The van der Waals surface area contributed by atoms with Crippen LogP contribution in [0.2, 0.25) is 0 Å². The summed E-state index contributed by atoms with van der Waals surface area (Å²) in [6.07, 6.45) is -0.199. The number of fused-ring (bicyclic) bond motifs is 2. The van der Waals surface area contributed by atoms with Crippen molar-refractivity contribution in [1.82, 2.24) is 10.2 Å². The van der Waals surface area contributed by atoms with E-state index in [4.69, 9.17) is 18.9 Å². The number of carbonyl (C=O) groups excluding carboxylic acids is 2. The molecule has 0 saturated carbocycles. The average Bonchev–Trinajstić information content (AvgIpc) is 3.21. The minimum atomic E-state index is -0.610. The van der Waals surface area contributed by atoms with Crippen molar-refractivity contribution in [2.45, 2.75) is 13.0 Å². The van der Waals surface area contributed by atoms with Crippen molar-refractivity contribution in [3.63, 3.8) is 0 Å². The lowest BCUT2D eigenvalue weighted by atomic mass is 10.2. The zero-order chi connectivity index (χ0) is 20.9. The van der Waals surface area contributed by atoms with Gasteiger partial charge in [0.25, 0.3) is 0 Å². The van der Waals surface area contributed by atoms with Gasteiger partial charge >= 0.3 is 6.03 Å². The molecule has 9 heteroatoms. The normalized spacial score (nSPS) is 16.3. The number of amides is 3. The van der Waals surface area contributed by atoms with Crippen LogP contribution in [0.5, 0.6) is 23.0 Å². The molecule has 4 rings (SSSR count). The van der Waals surface area contributed by atoms with Gasteiger partial charge in [-0.3, -0.25) is 15.0 Å². The number of rotatable bonds is 6. The highest BCUT2D eigenvalue weighted by molar-refractivity contribution is 6.01. The van der Waals surface area contributed by atoms with Gasteiger partial charge in [-0.2, -0.15) is 0 Å². The van der Waals surface area contributed by atoms with E-state index in [0.717, 1.165) is 5.75 Å². The molecule has 2 aromatic carbocycles. The maximum atomic E-state index is 12.3. The number of benzene rings is 2. The van der Waals surface area contributed by atoms with Crippen molar-refractivity contribution in [2.24, 2.45) is 0 Å². The summed E-state index contributed by atoms with van der Waals surface area (Å²) < 4.78 is 22.2. The van der Waals surface area contributed by atoms with E-state index >= 15 is 0 Å². The quantitative estimate of drug-likeness (QED) is 0.749. The SMILES string of the molecule is CCN(CC(=O)NC(=O)Nc1ccc2c(c1)OCO2)CC1COc2ccccc2O1. The topological polar surface area (TPSA) is 98.4 Å². The molecule has 1 atom stereocenters. The van der Waals surface area contributed by atoms with E-state index in [1.165, 1.54) is 0 Å². The summed E-state index contributed by atoms with van der Waals surface area (Å²) >= 11 is 0. The molecule has 2 aliphatic heterocycles. The largest absolute Gasteiger partial charge is 0.486 e. The van der Waals surface area contributed by atoms with Gasteiger partial charge in [0.15, 0.2) is 23.0 Å². The number of ether oxygens (including phenoxy) is 4. The molecule has 2 heterocycles. The average molecular weight is 413 g/mol. The lowest BCUT2D eigenvalue weighted by molar-refractivity contribution is -0.121. The lowest BCUT2D eigenvalue weighted by Crippen LogP contribution is -2.46. The molecular weight excluding hydrogens is 390 g/mol. The Balaban J connectivity index is 1.25. The maximum Gasteiger partial charge on any atom is 0.325 e. The molecule has 2 N–H and O–H groups in total. The third kappa shape index (κ3) is 4.74. The highest BCUT2D eigenvalue weighted by atomic mass is 16.7. The van der Waals surface area contributed by atoms with Crippen molar-refractivity contribution in [3.05, 3.63) is 42.5 Å². The minimum absolute atomic E-state index is 0.0621. The Kier molecular flexibility index (Phi) is 5.89. The van der Waals surface area contributed by atoms with Gasteiger partial charge in [0.1, 0.15) is 12.7 Å². The molecule has 0 aliphatic carbocycles. The zero-order valence-corrected chi connectivity index (χ0v) is 16.6. The van der Waals surface area contributed by atoms with Gasteiger partial charge in [-0.1, -0.05) is 19.1 Å². The first-order valence-electron chi connectivity index (χ1n) is 9.72. The van der Waals surface area contributed by atoms with E-state index in [9.17, 15) is 9.59 Å². The van der Waals surface area contributed by atoms with Crippen LogP contribution in [-0.4, -0.2) is 56.0 Å². The number of likely N-dealkylation sites (N-methyl/N-ethyl adjacent to an activating group) is 1. The molecule has 2 aromatic rings. The van der Waals surface area contributed by atoms with Gasteiger partial charge in [-0.05, 0) is 30.8 Å². The Morgan fingerprint density at radius 1 is 1.03 bits per heavy atom.